The van der Waals surface area contributed by atoms with Crippen molar-refractivity contribution in [1.82, 2.24) is 4.90 Å². The molecule has 0 bridgehead atoms. The normalized spacial score (nSPS) is 14.0. The highest BCUT2D eigenvalue weighted by Gasteiger charge is 2.22. The second kappa shape index (κ2) is 8.58. The van der Waals surface area contributed by atoms with Crippen LogP contribution in [0.5, 0.6) is 0 Å². The Hall–Kier alpha value is -3.02. The predicted molar refractivity (Wildman–Crippen MR) is 106 cm³/mol. The highest BCUT2D eigenvalue weighted by Crippen LogP contribution is 2.19. The maximum atomic E-state index is 12.8. The van der Waals surface area contributed by atoms with E-state index in [1.165, 1.54) is 11.3 Å². The van der Waals surface area contributed by atoms with E-state index < -0.39 is 6.09 Å². The minimum Gasteiger partial charge on any atom is -0.450 e. The monoisotopic (exact) mass is 367 g/mol. The molecule has 6 nitrogen and oxygen atoms in total. The second-order valence-corrected chi connectivity index (χ2v) is 6.54. The molecule has 2 aromatic rings. The summed E-state index contributed by atoms with van der Waals surface area (Å²) in [6, 6.07) is 15.4. The fourth-order valence-corrected chi connectivity index (χ4v) is 3.19. The number of nitrogens with one attached hydrogen (secondary N) is 1. The van der Waals surface area contributed by atoms with Crippen LogP contribution in [-0.4, -0.2) is 49.7 Å². The molecule has 1 saturated heterocycles. The minimum absolute atomic E-state index is 0.0219. The quantitative estimate of drug-likeness (QED) is 0.898. The molecular formula is C21H25N3O3. The number of aryl methyl sites for hydroxylation is 1. The van der Waals surface area contributed by atoms with Gasteiger partial charge in [-0.1, -0.05) is 18.2 Å². The molecule has 1 aliphatic heterocycles. The van der Waals surface area contributed by atoms with Crippen molar-refractivity contribution in [2.45, 2.75) is 13.8 Å². The number of carbonyl (C=O) groups is 2. The van der Waals surface area contributed by atoms with Crippen LogP contribution >= 0.6 is 0 Å². The first-order chi connectivity index (χ1) is 13.1. The molecule has 0 aliphatic carbocycles. The van der Waals surface area contributed by atoms with Gasteiger partial charge in [0.1, 0.15) is 0 Å². The Morgan fingerprint density at radius 3 is 2.48 bits per heavy atom. The molecule has 1 fully saturated rings. The topological polar surface area (TPSA) is 61.9 Å². The molecule has 2 aromatic carbocycles. The summed E-state index contributed by atoms with van der Waals surface area (Å²) in [5.74, 6) is -0.0219. The van der Waals surface area contributed by atoms with Crippen LogP contribution in [0.3, 0.4) is 0 Å². The summed E-state index contributed by atoms with van der Waals surface area (Å²) < 4.78 is 4.87. The lowest BCUT2D eigenvalue weighted by molar-refractivity contribution is 0.0746. The lowest BCUT2D eigenvalue weighted by atomic mass is 10.1. The Morgan fingerprint density at radius 1 is 1.04 bits per heavy atom. The fourth-order valence-electron chi connectivity index (χ4n) is 3.19. The Morgan fingerprint density at radius 2 is 1.78 bits per heavy atom. The van der Waals surface area contributed by atoms with E-state index in [9.17, 15) is 9.59 Å². The van der Waals surface area contributed by atoms with Gasteiger partial charge in [-0.15, -0.1) is 0 Å². The number of ether oxygens (including phenoxy) is 1. The first-order valence-corrected chi connectivity index (χ1v) is 9.21. The van der Waals surface area contributed by atoms with E-state index in [1.807, 2.05) is 4.90 Å². The number of rotatable bonds is 4. The number of nitrogens with zero attached hydrogens (tertiary/aromatic N) is 2. The molecule has 0 radical (unpaired) electrons. The summed E-state index contributed by atoms with van der Waals surface area (Å²) >= 11 is 0. The standard InChI is InChI=1S/C21H25N3O3/c1-3-27-21(26)22-18-8-5-7-17(15-18)20(25)24-12-10-23(11-13-24)19-9-4-6-16(2)14-19/h4-9,14-15H,3,10-13H2,1-2H3,(H,22,26). The molecule has 6 heteroatoms. The summed E-state index contributed by atoms with van der Waals surface area (Å²) in [6.45, 7) is 7.07. The molecule has 1 heterocycles. The van der Waals surface area contributed by atoms with Crippen LogP contribution in [0.2, 0.25) is 0 Å². The van der Waals surface area contributed by atoms with Crippen molar-refractivity contribution >= 4 is 23.4 Å². The summed E-state index contributed by atoms with van der Waals surface area (Å²) in [7, 11) is 0. The average molecular weight is 367 g/mol. The van der Waals surface area contributed by atoms with E-state index in [4.69, 9.17) is 4.74 Å². The van der Waals surface area contributed by atoms with E-state index in [2.05, 4.69) is 41.4 Å². The number of benzene rings is 2. The molecule has 0 atom stereocenters. The van der Waals surface area contributed by atoms with Gasteiger partial charge in [-0.2, -0.15) is 0 Å². The van der Waals surface area contributed by atoms with Crippen molar-refractivity contribution in [2.24, 2.45) is 0 Å². The lowest BCUT2D eigenvalue weighted by Crippen LogP contribution is -2.48. The van der Waals surface area contributed by atoms with Crippen molar-refractivity contribution in [3.8, 4) is 0 Å². The van der Waals surface area contributed by atoms with Crippen molar-refractivity contribution in [3.05, 3.63) is 59.7 Å². The summed E-state index contributed by atoms with van der Waals surface area (Å²) in [5.41, 5.74) is 3.55. The van der Waals surface area contributed by atoms with Gasteiger partial charge in [0, 0.05) is 43.1 Å². The van der Waals surface area contributed by atoms with Gasteiger partial charge >= 0.3 is 6.09 Å². The third kappa shape index (κ3) is 4.78. The summed E-state index contributed by atoms with van der Waals surface area (Å²) in [4.78, 5) is 28.5. The molecule has 0 unspecified atom stereocenters. The maximum absolute atomic E-state index is 12.8. The van der Waals surface area contributed by atoms with E-state index in [0.717, 1.165) is 13.1 Å². The van der Waals surface area contributed by atoms with Crippen LogP contribution < -0.4 is 10.2 Å². The molecule has 0 spiro atoms. The third-order valence-electron chi connectivity index (χ3n) is 4.57. The van der Waals surface area contributed by atoms with Gasteiger partial charge < -0.3 is 14.5 Å². The van der Waals surface area contributed by atoms with Gasteiger partial charge in [0.2, 0.25) is 0 Å². The van der Waals surface area contributed by atoms with Crippen molar-refractivity contribution < 1.29 is 14.3 Å². The van der Waals surface area contributed by atoms with E-state index in [-0.39, 0.29) is 5.91 Å². The van der Waals surface area contributed by atoms with Crippen LogP contribution in [0, 0.1) is 6.92 Å². The van der Waals surface area contributed by atoms with Crippen LogP contribution in [0.15, 0.2) is 48.5 Å². The van der Waals surface area contributed by atoms with Gasteiger partial charge in [0.05, 0.1) is 6.61 Å². The van der Waals surface area contributed by atoms with Crippen molar-refractivity contribution in [2.75, 3.05) is 43.0 Å². The number of piperazine rings is 1. The molecule has 1 aliphatic rings. The zero-order valence-corrected chi connectivity index (χ0v) is 15.8. The first kappa shape index (κ1) is 18.8. The Kier molecular flexibility index (Phi) is 5.96. The van der Waals surface area contributed by atoms with Gasteiger partial charge in [-0.3, -0.25) is 10.1 Å². The smallest absolute Gasteiger partial charge is 0.411 e. The molecule has 0 aromatic heterocycles. The third-order valence-corrected chi connectivity index (χ3v) is 4.57. The zero-order chi connectivity index (χ0) is 19.2. The van der Waals surface area contributed by atoms with Gasteiger partial charge in [-0.25, -0.2) is 4.79 Å². The average Bonchev–Trinajstić information content (AvgIpc) is 2.68. The molecule has 3 rings (SSSR count). The van der Waals surface area contributed by atoms with E-state index >= 15 is 0 Å². The predicted octanol–water partition coefficient (Wildman–Crippen LogP) is 3.53. The van der Waals surface area contributed by atoms with E-state index in [1.54, 1.807) is 31.2 Å². The van der Waals surface area contributed by atoms with Crippen LogP contribution in [0.1, 0.15) is 22.8 Å². The first-order valence-electron chi connectivity index (χ1n) is 9.21. The molecule has 1 N–H and O–H groups in total. The SMILES string of the molecule is CCOC(=O)Nc1cccc(C(=O)N2CCN(c3cccc(C)c3)CC2)c1. The van der Waals surface area contributed by atoms with Crippen LogP contribution in [0.4, 0.5) is 16.2 Å². The molecule has 27 heavy (non-hydrogen) atoms. The van der Waals surface area contributed by atoms with E-state index in [0.29, 0.717) is 30.9 Å². The minimum atomic E-state index is -0.520. The van der Waals surface area contributed by atoms with Gasteiger partial charge in [0.15, 0.2) is 0 Å². The molecule has 2 amide bonds. The number of hydrogen-bond donors (Lipinski definition) is 1. The van der Waals surface area contributed by atoms with Crippen LogP contribution in [-0.2, 0) is 4.74 Å². The number of anilines is 2. The fraction of sp³-hybridized carbons (Fsp3) is 0.333. The zero-order valence-electron chi connectivity index (χ0n) is 15.8. The summed E-state index contributed by atoms with van der Waals surface area (Å²) in [5, 5.41) is 2.63. The molecule has 142 valence electrons. The number of carbonyl (C=O) groups excluding carboxylic acids is 2. The Bertz CT molecular complexity index is 814. The maximum Gasteiger partial charge on any atom is 0.411 e. The lowest BCUT2D eigenvalue weighted by Gasteiger charge is -2.36. The van der Waals surface area contributed by atoms with Crippen molar-refractivity contribution in [1.29, 1.82) is 0 Å². The molecular weight excluding hydrogens is 342 g/mol. The number of hydrogen-bond acceptors (Lipinski definition) is 4. The molecule has 0 saturated carbocycles. The Labute approximate surface area is 159 Å². The Balaban J connectivity index is 1.61. The number of amides is 2. The second-order valence-electron chi connectivity index (χ2n) is 6.54. The van der Waals surface area contributed by atoms with Gasteiger partial charge in [-0.05, 0) is 49.7 Å². The summed E-state index contributed by atoms with van der Waals surface area (Å²) in [6.07, 6.45) is -0.520. The van der Waals surface area contributed by atoms with Gasteiger partial charge in [0.25, 0.3) is 5.91 Å². The van der Waals surface area contributed by atoms with Crippen LogP contribution in [0.25, 0.3) is 0 Å². The highest BCUT2D eigenvalue weighted by atomic mass is 16.5. The highest BCUT2D eigenvalue weighted by molar-refractivity contribution is 5.96. The van der Waals surface area contributed by atoms with Crippen molar-refractivity contribution in [3.63, 3.8) is 0 Å². The largest absolute Gasteiger partial charge is 0.450 e.